The van der Waals surface area contributed by atoms with Crippen molar-refractivity contribution in [2.45, 2.75) is 44.9 Å². The van der Waals surface area contributed by atoms with E-state index in [1.807, 2.05) is 0 Å². The monoisotopic (exact) mass is 284 g/mol. The molecule has 1 aliphatic carbocycles. The van der Waals surface area contributed by atoms with Gasteiger partial charge in [0.05, 0.1) is 5.41 Å². The van der Waals surface area contributed by atoms with Gasteiger partial charge in [0.15, 0.2) is 0 Å². The molecule has 1 saturated carbocycles. The van der Waals surface area contributed by atoms with E-state index >= 15 is 0 Å². The molecule has 0 amide bonds. The van der Waals surface area contributed by atoms with Crippen LogP contribution < -0.4 is 0 Å². The highest BCUT2D eigenvalue weighted by Gasteiger charge is 2.59. The molecule has 4 heteroatoms. The minimum atomic E-state index is -1.16. The second kappa shape index (κ2) is 4.78. The average molecular weight is 285 g/mol. The van der Waals surface area contributed by atoms with E-state index in [2.05, 4.69) is 13.8 Å². The van der Waals surface area contributed by atoms with Crippen LogP contribution >= 0.6 is 11.6 Å². The molecular weight excluding hydrogens is 267 g/mol. The lowest BCUT2D eigenvalue weighted by Gasteiger charge is -2.54. The number of hydrogen-bond donors (Lipinski definition) is 1. The third-order valence-electron chi connectivity index (χ3n) is 4.70. The fraction of sp³-hybridized carbons (Fsp3) is 0.533. The zero-order valence-electron chi connectivity index (χ0n) is 11.2. The number of carboxylic acid groups (broad SMARTS) is 1. The van der Waals surface area contributed by atoms with Crippen molar-refractivity contribution in [1.82, 2.24) is 0 Å². The minimum Gasteiger partial charge on any atom is -0.481 e. The fourth-order valence-electron chi connectivity index (χ4n) is 3.37. The highest BCUT2D eigenvalue weighted by molar-refractivity contribution is 6.31. The normalized spacial score (nSPS) is 19.8. The van der Waals surface area contributed by atoms with Gasteiger partial charge < -0.3 is 5.11 Å². The van der Waals surface area contributed by atoms with Gasteiger partial charge in [0, 0.05) is 10.6 Å². The van der Waals surface area contributed by atoms with Crippen molar-refractivity contribution in [3.63, 3.8) is 0 Å². The summed E-state index contributed by atoms with van der Waals surface area (Å²) in [5, 5.41) is 9.80. The van der Waals surface area contributed by atoms with Crippen LogP contribution in [0.15, 0.2) is 18.2 Å². The van der Waals surface area contributed by atoms with Crippen LogP contribution in [0.4, 0.5) is 4.39 Å². The van der Waals surface area contributed by atoms with E-state index in [1.54, 1.807) is 6.07 Å². The maximum Gasteiger partial charge on any atom is 0.314 e. The zero-order valence-corrected chi connectivity index (χ0v) is 11.9. The first-order valence-electron chi connectivity index (χ1n) is 6.59. The van der Waals surface area contributed by atoms with E-state index in [4.69, 9.17) is 11.6 Å². The number of aliphatic carboxylic acids is 1. The Balaban J connectivity index is 2.48. The van der Waals surface area contributed by atoms with Crippen LogP contribution in [0.3, 0.4) is 0 Å². The van der Waals surface area contributed by atoms with Gasteiger partial charge in [0.1, 0.15) is 5.82 Å². The second-order valence-corrected chi connectivity index (χ2v) is 5.95. The molecule has 0 heterocycles. The summed E-state index contributed by atoms with van der Waals surface area (Å²) in [7, 11) is 0. The first-order chi connectivity index (χ1) is 8.91. The van der Waals surface area contributed by atoms with Crippen LogP contribution in [0.5, 0.6) is 0 Å². The molecule has 1 aromatic rings. The molecule has 0 bridgehead atoms. The van der Waals surface area contributed by atoms with E-state index in [-0.39, 0.29) is 16.0 Å². The summed E-state index contributed by atoms with van der Waals surface area (Å²) in [6.07, 6.45) is 2.74. The van der Waals surface area contributed by atoms with Crippen LogP contribution in [-0.2, 0) is 10.2 Å². The number of rotatable bonds is 4. The van der Waals surface area contributed by atoms with Crippen LogP contribution in [0.1, 0.15) is 45.1 Å². The van der Waals surface area contributed by atoms with Gasteiger partial charge in [0.25, 0.3) is 0 Å². The number of carbonyl (C=O) groups is 1. The molecule has 104 valence electrons. The van der Waals surface area contributed by atoms with E-state index in [0.717, 1.165) is 12.8 Å². The van der Waals surface area contributed by atoms with Crippen LogP contribution in [0, 0.1) is 11.2 Å². The van der Waals surface area contributed by atoms with Crippen molar-refractivity contribution in [3.05, 3.63) is 34.6 Å². The molecule has 0 saturated heterocycles. The smallest absolute Gasteiger partial charge is 0.314 e. The van der Waals surface area contributed by atoms with E-state index in [9.17, 15) is 14.3 Å². The Hall–Kier alpha value is -1.09. The number of halogens is 2. The summed E-state index contributed by atoms with van der Waals surface area (Å²) in [6.45, 7) is 4.11. The highest BCUT2D eigenvalue weighted by Crippen LogP contribution is 2.60. The lowest BCUT2D eigenvalue weighted by molar-refractivity contribution is -0.155. The summed E-state index contributed by atoms with van der Waals surface area (Å²) in [5.41, 5.74) is -1.000. The number of hydrogen-bond acceptors (Lipinski definition) is 1. The Morgan fingerprint density at radius 3 is 2.37 bits per heavy atom. The predicted molar refractivity (Wildman–Crippen MR) is 73.0 cm³/mol. The molecule has 0 aromatic heterocycles. The van der Waals surface area contributed by atoms with Crippen molar-refractivity contribution in [2.75, 3.05) is 0 Å². The van der Waals surface area contributed by atoms with Crippen molar-refractivity contribution in [3.8, 4) is 0 Å². The van der Waals surface area contributed by atoms with E-state index in [1.165, 1.54) is 12.1 Å². The molecular formula is C15H18ClFO2. The Labute approximate surface area is 117 Å². The molecule has 0 spiro atoms. The first-order valence-corrected chi connectivity index (χ1v) is 6.96. The van der Waals surface area contributed by atoms with Gasteiger partial charge >= 0.3 is 5.97 Å². The van der Waals surface area contributed by atoms with Gasteiger partial charge in [-0.2, -0.15) is 0 Å². The summed E-state index contributed by atoms with van der Waals surface area (Å²) in [4.78, 5) is 11.7. The zero-order chi connectivity index (χ0) is 14.3. The van der Waals surface area contributed by atoms with Crippen molar-refractivity contribution in [2.24, 2.45) is 5.41 Å². The van der Waals surface area contributed by atoms with Gasteiger partial charge in [-0.25, -0.2) is 4.39 Å². The Bertz CT molecular complexity index is 481. The quantitative estimate of drug-likeness (QED) is 0.890. The molecule has 1 fully saturated rings. The molecule has 0 atom stereocenters. The molecule has 0 radical (unpaired) electrons. The molecule has 1 aliphatic rings. The van der Waals surface area contributed by atoms with E-state index < -0.39 is 17.2 Å². The summed E-state index contributed by atoms with van der Waals surface area (Å²) in [6, 6.07) is 4.34. The first kappa shape index (κ1) is 14.3. The van der Waals surface area contributed by atoms with Crippen LogP contribution in [0.2, 0.25) is 5.02 Å². The lowest BCUT2D eigenvalue weighted by Crippen LogP contribution is -2.54. The van der Waals surface area contributed by atoms with Crippen molar-refractivity contribution >= 4 is 17.6 Å². The molecule has 1 aromatic carbocycles. The minimum absolute atomic E-state index is 0.00397. The summed E-state index contributed by atoms with van der Waals surface area (Å²) < 4.78 is 14.0. The SMILES string of the molecule is CCC1(CC)CC(C(=O)O)(c2c(F)cccc2Cl)C1. The third-order valence-corrected chi connectivity index (χ3v) is 5.02. The topological polar surface area (TPSA) is 37.3 Å². The summed E-state index contributed by atoms with van der Waals surface area (Å²) in [5.74, 6) is -1.49. The molecule has 2 nitrogen and oxygen atoms in total. The van der Waals surface area contributed by atoms with Crippen LogP contribution in [0.25, 0.3) is 0 Å². The third kappa shape index (κ3) is 2.04. The Morgan fingerprint density at radius 1 is 1.37 bits per heavy atom. The maximum atomic E-state index is 14.0. The largest absolute Gasteiger partial charge is 0.481 e. The van der Waals surface area contributed by atoms with Gasteiger partial charge in [-0.15, -0.1) is 0 Å². The summed E-state index contributed by atoms with van der Waals surface area (Å²) >= 11 is 6.05. The molecule has 2 rings (SSSR count). The number of carboxylic acids is 1. The Morgan fingerprint density at radius 2 is 1.95 bits per heavy atom. The second-order valence-electron chi connectivity index (χ2n) is 5.54. The van der Waals surface area contributed by atoms with Gasteiger partial charge in [-0.1, -0.05) is 44.4 Å². The maximum absolute atomic E-state index is 14.0. The van der Waals surface area contributed by atoms with Crippen molar-refractivity contribution < 1.29 is 14.3 Å². The fourth-order valence-corrected chi connectivity index (χ4v) is 3.71. The molecule has 1 N–H and O–H groups in total. The standard InChI is InChI=1S/C15H18ClFO2/c1-3-14(4-2)8-15(9-14,13(18)19)12-10(16)6-5-7-11(12)17/h5-7H,3-4,8-9H2,1-2H3,(H,18,19). The van der Waals surface area contributed by atoms with Gasteiger partial charge in [-0.05, 0) is 30.4 Å². The highest BCUT2D eigenvalue weighted by atomic mass is 35.5. The van der Waals surface area contributed by atoms with Crippen molar-refractivity contribution in [1.29, 1.82) is 0 Å². The van der Waals surface area contributed by atoms with E-state index in [0.29, 0.717) is 12.8 Å². The van der Waals surface area contributed by atoms with Gasteiger partial charge in [-0.3, -0.25) is 4.79 Å². The predicted octanol–water partition coefficient (Wildman–Crippen LogP) is 4.40. The molecule has 19 heavy (non-hydrogen) atoms. The average Bonchev–Trinajstić information content (AvgIpc) is 2.31. The molecule has 0 aliphatic heterocycles. The number of benzene rings is 1. The Kier molecular flexibility index (Phi) is 3.61. The van der Waals surface area contributed by atoms with Crippen LogP contribution in [-0.4, -0.2) is 11.1 Å². The van der Waals surface area contributed by atoms with Gasteiger partial charge in [0.2, 0.25) is 0 Å². The lowest BCUT2D eigenvalue weighted by atomic mass is 9.48. The molecule has 0 unspecified atom stereocenters.